The molecule has 160 valence electrons. The average molecular weight is 469 g/mol. The summed E-state index contributed by atoms with van der Waals surface area (Å²) in [5.74, 6) is 0.285. The third-order valence-corrected chi connectivity index (χ3v) is 6.29. The Labute approximate surface area is 190 Å². The van der Waals surface area contributed by atoms with Crippen molar-refractivity contribution in [3.63, 3.8) is 0 Å². The summed E-state index contributed by atoms with van der Waals surface area (Å²) in [6, 6.07) is 20.7. The molecule has 0 unspecified atom stereocenters. The predicted molar refractivity (Wildman–Crippen MR) is 123 cm³/mol. The second-order valence-corrected chi connectivity index (χ2v) is 8.31. The molecule has 2 heterocycles. The number of para-hydroxylation sites is 4. The largest absolute Gasteiger partial charge is 0.320 e. The summed E-state index contributed by atoms with van der Waals surface area (Å²) in [7, 11) is 0. The number of rotatable bonds is 5. The zero-order chi connectivity index (χ0) is 22.2. The van der Waals surface area contributed by atoms with Crippen LogP contribution < -0.4 is 5.56 Å². The minimum absolute atomic E-state index is 0.0915. The van der Waals surface area contributed by atoms with Crippen LogP contribution in [0, 0.1) is 0 Å². The van der Waals surface area contributed by atoms with E-state index in [1.54, 1.807) is 72.8 Å². The van der Waals surface area contributed by atoms with E-state index in [4.69, 9.17) is 11.6 Å². The number of nitrogens with zero attached hydrogens (tertiary/aromatic N) is 4. The maximum absolute atomic E-state index is 13.8. The molecule has 0 radical (unpaired) electrons. The van der Waals surface area contributed by atoms with Gasteiger partial charge in [-0.2, -0.15) is 8.78 Å². The van der Waals surface area contributed by atoms with Gasteiger partial charge in [-0.15, -0.1) is 0 Å². The Morgan fingerprint density at radius 1 is 0.906 bits per heavy atom. The van der Waals surface area contributed by atoms with Gasteiger partial charge in [0.2, 0.25) is 0 Å². The highest BCUT2D eigenvalue weighted by Gasteiger charge is 2.20. The first-order chi connectivity index (χ1) is 15.5. The molecule has 32 heavy (non-hydrogen) atoms. The van der Waals surface area contributed by atoms with Crippen LogP contribution in [0.1, 0.15) is 12.4 Å². The fourth-order valence-electron chi connectivity index (χ4n) is 3.60. The number of aromatic nitrogens is 4. The summed E-state index contributed by atoms with van der Waals surface area (Å²) < 4.78 is 29.9. The molecular weight excluding hydrogens is 454 g/mol. The molecule has 0 atom stereocenters. The van der Waals surface area contributed by atoms with E-state index in [1.807, 2.05) is 0 Å². The molecule has 0 aliphatic carbocycles. The molecule has 5 nitrogen and oxygen atoms in total. The Kier molecular flexibility index (Phi) is 5.40. The van der Waals surface area contributed by atoms with Gasteiger partial charge in [0.15, 0.2) is 5.16 Å². The van der Waals surface area contributed by atoms with E-state index in [-0.39, 0.29) is 17.1 Å². The maximum atomic E-state index is 13.8. The van der Waals surface area contributed by atoms with E-state index < -0.39 is 6.55 Å². The molecule has 0 aliphatic heterocycles. The first-order valence-corrected chi connectivity index (χ1v) is 11.0. The summed E-state index contributed by atoms with van der Waals surface area (Å²) >= 11 is 7.53. The Balaban J connectivity index is 1.65. The molecule has 0 amide bonds. The minimum atomic E-state index is -2.74. The lowest BCUT2D eigenvalue weighted by molar-refractivity contribution is 0.0722. The Morgan fingerprint density at radius 3 is 2.38 bits per heavy atom. The van der Waals surface area contributed by atoms with Crippen molar-refractivity contribution >= 4 is 45.3 Å². The number of hydrogen-bond donors (Lipinski definition) is 0. The lowest BCUT2D eigenvalue weighted by Gasteiger charge is -2.14. The van der Waals surface area contributed by atoms with Gasteiger partial charge < -0.3 is 0 Å². The number of halogens is 3. The molecule has 2 aromatic heterocycles. The van der Waals surface area contributed by atoms with Crippen molar-refractivity contribution in [2.75, 3.05) is 0 Å². The quantitative estimate of drug-likeness (QED) is 0.232. The lowest BCUT2D eigenvalue weighted by atomic mass is 10.2. The standard InChI is InChI=1S/C23H15ClF2N4OS/c24-15-8-2-5-11-18(15)30-21(31)14-7-1-3-9-16(14)28-23(30)32-13-20-27-17-10-4-6-12-19(17)29(20)22(25)26/h1-12,22H,13H2. The van der Waals surface area contributed by atoms with Gasteiger partial charge in [-0.3, -0.25) is 13.9 Å². The monoisotopic (exact) mass is 468 g/mol. The van der Waals surface area contributed by atoms with Gasteiger partial charge >= 0.3 is 6.55 Å². The van der Waals surface area contributed by atoms with Crippen molar-refractivity contribution in [2.45, 2.75) is 17.5 Å². The van der Waals surface area contributed by atoms with E-state index in [0.717, 1.165) is 16.3 Å². The van der Waals surface area contributed by atoms with Crippen LogP contribution in [0.15, 0.2) is 82.7 Å². The molecule has 3 aromatic carbocycles. The third-order valence-electron chi connectivity index (χ3n) is 5.03. The van der Waals surface area contributed by atoms with Crippen LogP contribution in [0.2, 0.25) is 5.02 Å². The van der Waals surface area contributed by atoms with Crippen molar-refractivity contribution < 1.29 is 8.78 Å². The van der Waals surface area contributed by atoms with Crippen LogP contribution >= 0.6 is 23.4 Å². The summed E-state index contributed by atoms with van der Waals surface area (Å²) in [5, 5.41) is 1.17. The van der Waals surface area contributed by atoms with Gasteiger partial charge in [0.05, 0.1) is 38.4 Å². The minimum Gasteiger partial charge on any atom is -0.269 e. The van der Waals surface area contributed by atoms with Crippen LogP contribution in [0.25, 0.3) is 27.6 Å². The summed E-state index contributed by atoms with van der Waals surface area (Å²) in [6.45, 7) is -2.74. The normalized spacial score (nSPS) is 11.6. The molecule has 5 rings (SSSR count). The Morgan fingerprint density at radius 2 is 1.59 bits per heavy atom. The van der Waals surface area contributed by atoms with Gasteiger partial charge in [0.25, 0.3) is 5.56 Å². The van der Waals surface area contributed by atoms with E-state index >= 15 is 0 Å². The van der Waals surface area contributed by atoms with Crippen LogP contribution in [0.3, 0.4) is 0 Å². The first-order valence-electron chi connectivity index (χ1n) is 9.68. The first kappa shape index (κ1) is 20.7. The third kappa shape index (κ3) is 3.55. The zero-order valence-electron chi connectivity index (χ0n) is 16.5. The van der Waals surface area contributed by atoms with Gasteiger partial charge in [0.1, 0.15) is 5.82 Å². The van der Waals surface area contributed by atoms with E-state index in [9.17, 15) is 13.6 Å². The number of alkyl halides is 2. The van der Waals surface area contributed by atoms with Gasteiger partial charge in [-0.1, -0.05) is 59.8 Å². The fourth-order valence-corrected chi connectivity index (χ4v) is 4.75. The molecular formula is C23H15ClF2N4OS. The molecule has 0 fully saturated rings. The molecule has 0 saturated heterocycles. The highest BCUT2D eigenvalue weighted by molar-refractivity contribution is 7.98. The van der Waals surface area contributed by atoms with Crippen molar-refractivity contribution in [3.8, 4) is 5.69 Å². The van der Waals surface area contributed by atoms with Crippen molar-refractivity contribution in [1.29, 1.82) is 0 Å². The molecule has 9 heteroatoms. The summed E-state index contributed by atoms with van der Waals surface area (Å²) in [6.07, 6.45) is 0. The van der Waals surface area contributed by atoms with Crippen LogP contribution in [-0.4, -0.2) is 19.1 Å². The highest BCUT2D eigenvalue weighted by Crippen LogP contribution is 2.30. The Bertz CT molecular complexity index is 1520. The average Bonchev–Trinajstić information content (AvgIpc) is 3.17. The van der Waals surface area contributed by atoms with Crippen LogP contribution in [-0.2, 0) is 5.75 Å². The molecule has 5 aromatic rings. The summed E-state index contributed by atoms with van der Waals surface area (Å²) in [5.41, 5.74) is 1.55. The number of thioether (sulfide) groups is 1. The molecule has 0 bridgehead atoms. The molecule has 0 N–H and O–H groups in total. The van der Waals surface area contributed by atoms with Crippen LogP contribution in [0.5, 0.6) is 0 Å². The zero-order valence-corrected chi connectivity index (χ0v) is 18.0. The second-order valence-electron chi connectivity index (χ2n) is 6.96. The van der Waals surface area contributed by atoms with Gasteiger partial charge in [-0.25, -0.2) is 9.97 Å². The lowest BCUT2D eigenvalue weighted by Crippen LogP contribution is -2.22. The Hall–Kier alpha value is -3.23. The van der Waals surface area contributed by atoms with Crippen molar-refractivity contribution in [1.82, 2.24) is 19.1 Å². The number of hydrogen-bond acceptors (Lipinski definition) is 4. The molecule has 0 saturated carbocycles. The van der Waals surface area contributed by atoms with Crippen molar-refractivity contribution in [3.05, 3.63) is 94.0 Å². The van der Waals surface area contributed by atoms with Gasteiger partial charge in [0, 0.05) is 0 Å². The second kappa shape index (κ2) is 8.37. The maximum Gasteiger partial charge on any atom is 0.320 e. The topological polar surface area (TPSA) is 52.7 Å². The smallest absolute Gasteiger partial charge is 0.269 e. The number of benzene rings is 3. The van der Waals surface area contributed by atoms with E-state index in [1.165, 1.54) is 4.57 Å². The number of imidazole rings is 1. The van der Waals surface area contributed by atoms with Crippen LogP contribution in [0.4, 0.5) is 8.78 Å². The van der Waals surface area contributed by atoms with E-state index in [2.05, 4.69) is 9.97 Å². The predicted octanol–water partition coefficient (Wildman–Crippen LogP) is 6.08. The number of fused-ring (bicyclic) bond motifs is 2. The molecule has 0 aliphatic rings. The summed E-state index contributed by atoms with van der Waals surface area (Å²) in [4.78, 5) is 22.4. The van der Waals surface area contributed by atoms with Crippen molar-refractivity contribution in [2.24, 2.45) is 0 Å². The fraction of sp³-hybridized carbons (Fsp3) is 0.0870. The molecule has 0 spiro atoms. The highest BCUT2D eigenvalue weighted by atomic mass is 35.5. The SMILES string of the molecule is O=c1c2ccccc2nc(SCc2nc3ccccc3n2C(F)F)n1-c1ccccc1Cl. The van der Waals surface area contributed by atoms with Gasteiger partial charge in [-0.05, 0) is 36.4 Å². The van der Waals surface area contributed by atoms with E-state index in [0.29, 0.717) is 37.8 Å².